The molecule has 26 heavy (non-hydrogen) atoms. The second-order valence-corrected chi connectivity index (χ2v) is 10.6. The summed E-state index contributed by atoms with van der Waals surface area (Å²) in [5.41, 5.74) is 0. The van der Waals surface area contributed by atoms with Gasteiger partial charge < -0.3 is 14.2 Å². The Morgan fingerprint density at radius 2 is 1.35 bits per heavy atom. The highest BCUT2D eigenvalue weighted by Crippen LogP contribution is 2.52. The molecule has 1 aromatic carbocycles. The number of fused-ring (bicyclic) bond motifs is 2. The summed E-state index contributed by atoms with van der Waals surface area (Å²) >= 11 is 0. The summed E-state index contributed by atoms with van der Waals surface area (Å²) < 4.78 is 17.3. The van der Waals surface area contributed by atoms with Crippen molar-refractivity contribution in [3.8, 4) is 5.75 Å². The van der Waals surface area contributed by atoms with E-state index in [0.717, 1.165) is 28.1 Å². The molecule has 144 valence electrons. The van der Waals surface area contributed by atoms with E-state index in [1.165, 1.54) is 49.8 Å². The van der Waals surface area contributed by atoms with Crippen LogP contribution >= 0.6 is 0 Å². The normalized spacial score (nSPS) is 39.7. The first-order valence-corrected chi connectivity index (χ1v) is 11.5. The van der Waals surface area contributed by atoms with Crippen molar-refractivity contribution in [3.05, 3.63) is 24.3 Å². The molecule has 2 saturated carbocycles. The lowest BCUT2D eigenvalue weighted by Crippen LogP contribution is -2.53. The molecule has 1 aliphatic heterocycles. The first-order chi connectivity index (χ1) is 12.7. The molecule has 6 unspecified atom stereocenters. The lowest BCUT2D eigenvalue weighted by Gasteiger charge is -2.47. The van der Waals surface area contributed by atoms with E-state index >= 15 is 0 Å². The molecule has 1 heterocycles. The molecule has 4 rings (SSSR count). The molecule has 1 saturated heterocycles. The molecule has 1 aromatic rings. The maximum atomic E-state index is 5.80. The van der Waals surface area contributed by atoms with Gasteiger partial charge in [0, 0.05) is 37.0 Å². The Labute approximate surface area is 161 Å². The SMILES string of the molecule is COc1ccccc1[S+]1C2CCC(OC)CC2CC2CC(OC)CCC21. The van der Waals surface area contributed by atoms with E-state index in [2.05, 4.69) is 24.3 Å². The maximum absolute atomic E-state index is 5.80. The van der Waals surface area contributed by atoms with Crippen LogP contribution in [0.3, 0.4) is 0 Å². The van der Waals surface area contributed by atoms with Crippen molar-refractivity contribution in [1.82, 2.24) is 0 Å². The molecule has 0 spiro atoms. The fraction of sp³-hybridized carbons (Fsp3) is 0.727. The number of methoxy groups -OCH3 is 3. The molecule has 3 fully saturated rings. The zero-order chi connectivity index (χ0) is 18.1. The number of para-hydroxylation sites is 1. The highest BCUT2D eigenvalue weighted by Gasteiger charge is 2.56. The van der Waals surface area contributed by atoms with E-state index in [4.69, 9.17) is 14.2 Å². The van der Waals surface area contributed by atoms with Crippen LogP contribution in [0.15, 0.2) is 29.2 Å². The Morgan fingerprint density at radius 1 is 0.769 bits per heavy atom. The third kappa shape index (κ3) is 3.41. The first kappa shape index (κ1) is 18.6. The molecule has 0 aromatic heterocycles. The van der Waals surface area contributed by atoms with Crippen LogP contribution in [0.25, 0.3) is 0 Å². The Balaban J connectivity index is 1.68. The lowest BCUT2D eigenvalue weighted by molar-refractivity contribution is 0.0234. The van der Waals surface area contributed by atoms with Crippen LogP contribution in [0.4, 0.5) is 0 Å². The molecule has 6 atom stereocenters. The van der Waals surface area contributed by atoms with E-state index in [1.54, 1.807) is 0 Å². The van der Waals surface area contributed by atoms with Gasteiger partial charge in [-0.15, -0.1) is 0 Å². The average Bonchev–Trinajstić information content (AvgIpc) is 2.71. The molecular formula is C22H33O3S+. The van der Waals surface area contributed by atoms with E-state index in [9.17, 15) is 0 Å². The van der Waals surface area contributed by atoms with Crippen molar-refractivity contribution < 1.29 is 14.2 Å². The summed E-state index contributed by atoms with van der Waals surface area (Å²) in [7, 11) is 5.88. The molecule has 3 aliphatic rings. The first-order valence-electron chi connectivity index (χ1n) is 10.2. The Kier molecular flexibility index (Phi) is 5.82. The summed E-state index contributed by atoms with van der Waals surface area (Å²) in [6.07, 6.45) is 9.80. The fourth-order valence-corrected chi connectivity index (χ4v) is 9.51. The molecule has 3 nitrogen and oxygen atoms in total. The van der Waals surface area contributed by atoms with Crippen LogP contribution in [0.5, 0.6) is 5.75 Å². The Hall–Kier alpha value is -0.710. The quantitative estimate of drug-likeness (QED) is 0.726. The van der Waals surface area contributed by atoms with Gasteiger partial charge in [0.2, 0.25) is 0 Å². The maximum Gasteiger partial charge on any atom is 0.197 e. The topological polar surface area (TPSA) is 27.7 Å². The van der Waals surface area contributed by atoms with E-state index in [1.807, 2.05) is 21.3 Å². The van der Waals surface area contributed by atoms with Gasteiger partial charge in [0.05, 0.1) is 19.3 Å². The highest BCUT2D eigenvalue weighted by molar-refractivity contribution is 7.98. The molecule has 4 heteroatoms. The smallest absolute Gasteiger partial charge is 0.197 e. The van der Waals surface area contributed by atoms with Crippen LogP contribution < -0.4 is 4.74 Å². The van der Waals surface area contributed by atoms with Gasteiger partial charge in [-0.25, -0.2) is 0 Å². The summed E-state index contributed by atoms with van der Waals surface area (Å²) in [5.74, 6) is 2.68. The number of benzene rings is 1. The molecule has 0 radical (unpaired) electrons. The van der Waals surface area contributed by atoms with Crippen molar-refractivity contribution in [2.24, 2.45) is 11.8 Å². The summed E-state index contributed by atoms with van der Waals surface area (Å²) in [5, 5.41) is 1.61. The minimum absolute atomic E-state index is 0.278. The van der Waals surface area contributed by atoms with E-state index in [0.29, 0.717) is 12.2 Å². The second kappa shape index (κ2) is 8.12. The van der Waals surface area contributed by atoms with Crippen molar-refractivity contribution in [1.29, 1.82) is 0 Å². The van der Waals surface area contributed by atoms with Crippen LogP contribution in [0, 0.1) is 11.8 Å². The second-order valence-electron chi connectivity index (χ2n) is 8.20. The van der Waals surface area contributed by atoms with Gasteiger partial charge in [-0.05, 0) is 57.1 Å². The molecule has 0 amide bonds. The molecular weight excluding hydrogens is 344 g/mol. The predicted molar refractivity (Wildman–Crippen MR) is 107 cm³/mol. The predicted octanol–water partition coefficient (Wildman–Crippen LogP) is 4.44. The van der Waals surface area contributed by atoms with Crippen molar-refractivity contribution in [2.75, 3.05) is 21.3 Å². The van der Waals surface area contributed by atoms with Gasteiger partial charge in [0.25, 0.3) is 0 Å². The van der Waals surface area contributed by atoms with Crippen LogP contribution in [-0.4, -0.2) is 44.0 Å². The summed E-state index contributed by atoms with van der Waals surface area (Å²) in [6, 6.07) is 8.80. The van der Waals surface area contributed by atoms with E-state index in [-0.39, 0.29) is 10.9 Å². The number of ether oxygens (including phenoxy) is 3. The third-order valence-corrected chi connectivity index (χ3v) is 10.4. The van der Waals surface area contributed by atoms with Crippen molar-refractivity contribution >= 4 is 10.9 Å². The van der Waals surface area contributed by atoms with Crippen LogP contribution in [-0.2, 0) is 20.4 Å². The standard InChI is InChI=1S/C22H33O3S/c1-23-17-8-10-20-15(13-17)12-16-14-18(24-2)9-11-21(16)26(20)22-7-5-4-6-19(22)25-3/h4-7,15-18,20-21H,8-14H2,1-3H3/q+1. The van der Waals surface area contributed by atoms with Gasteiger partial charge in [-0.1, -0.05) is 12.1 Å². The fourth-order valence-electron chi connectivity index (χ4n) is 5.73. The highest BCUT2D eigenvalue weighted by atomic mass is 32.2. The zero-order valence-corrected chi connectivity index (χ0v) is 17.2. The monoisotopic (exact) mass is 377 g/mol. The van der Waals surface area contributed by atoms with Gasteiger partial charge in [0.1, 0.15) is 10.5 Å². The molecule has 2 aliphatic carbocycles. The lowest BCUT2D eigenvalue weighted by atomic mass is 9.75. The van der Waals surface area contributed by atoms with Crippen molar-refractivity contribution in [3.63, 3.8) is 0 Å². The summed E-state index contributed by atoms with van der Waals surface area (Å²) in [4.78, 5) is 1.48. The number of rotatable bonds is 4. The largest absolute Gasteiger partial charge is 0.492 e. The van der Waals surface area contributed by atoms with Gasteiger partial charge >= 0.3 is 0 Å². The zero-order valence-electron chi connectivity index (χ0n) is 16.4. The minimum atomic E-state index is 0.278. The van der Waals surface area contributed by atoms with Crippen LogP contribution in [0.1, 0.15) is 44.9 Å². The van der Waals surface area contributed by atoms with Gasteiger partial charge in [-0.2, -0.15) is 0 Å². The third-order valence-electron chi connectivity index (χ3n) is 6.98. The average molecular weight is 378 g/mol. The molecule has 0 bridgehead atoms. The van der Waals surface area contributed by atoms with Crippen LogP contribution in [0.2, 0.25) is 0 Å². The Morgan fingerprint density at radius 3 is 1.88 bits per heavy atom. The van der Waals surface area contributed by atoms with Gasteiger partial charge in [0.15, 0.2) is 10.6 Å². The summed E-state index contributed by atoms with van der Waals surface area (Å²) in [6.45, 7) is 0. The van der Waals surface area contributed by atoms with Gasteiger partial charge in [-0.3, -0.25) is 0 Å². The molecule has 0 N–H and O–H groups in total. The number of hydrogen-bond acceptors (Lipinski definition) is 3. The minimum Gasteiger partial charge on any atom is -0.492 e. The number of hydrogen-bond donors (Lipinski definition) is 0. The van der Waals surface area contributed by atoms with Crippen molar-refractivity contribution in [2.45, 2.75) is 72.5 Å². The van der Waals surface area contributed by atoms with E-state index < -0.39 is 0 Å². The Bertz CT molecular complexity index is 579.